The summed E-state index contributed by atoms with van der Waals surface area (Å²) in [4.78, 5) is 0. The van der Waals surface area contributed by atoms with Crippen LogP contribution in [0.1, 0.15) is 50.3 Å². The first-order chi connectivity index (χ1) is 7.79. The fourth-order valence-electron chi connectivity index (χ4n) is 2.57. The van der Waals surface area contributed by atoms with E-state index >= 15 is 0 Å². The van der Waals surface area contributed by atoms with E-state index in [0.717, 1.165) is 5.92 Å². The average molecular weight is 217 g/mol. The summed E-state index contributed by atoms with van der Waals surface area (Å²) in [5.74, 6) is 0.863. The number of hydrogen-bond acceptors (Lipinski definition) is 1. The molecule has 88 valence electrons. The van der Waals surface area contributed by atoms with Gasteiger partial charge in [0.25, 0.3) is 0 Å². The Morgan fingerprint density at radius 3 is 2.62 bits per heavy atom. The SMILES string of the molecule is CCCc1ccc(C2CC(C)CCN2)cc1. The van der Waals surface area contributed by atoms with Gasteiger partial charge in [0.2, 0.25) is 0 Å². The molecule has 1 heterocycles. The molecule has 1 nitrogen and oxygen atoms in total. The van der Waals surface area contributed by atoms with Crippen molar-refractivity contribution in [3.8, 4) is 0 Å². The molecular formula is C15H23N. The van der Waals surface area contributed by atoms with E-state index in [1.165, 1.54) is 43.4 Å². The van der Waals surface area contributed by atoms with Crippen LogP contribution >= 0.6 is 0 Å². The predicted molar refractivity (Wildman–Crippen MR) is 69.6 cm³/mol. The van der Waals surface area contributed by atoms with Crippen molar-refractivity contribution < 1.29 is 0 Å². The van der Waals surface area contributed by atoms with Crippen LogP contribution in [0.5, 0.6) is 0 Å². The Morgan fingerprint density at radius 1 is 1.25 bits per heavy atom. The summed E-state index contributed by atoms with van der Waals surface area (Å²) in [6, 6.07) is 9.78. The number of aryl methyl sites for hydroxylation is 1. The Kier molecular flexibility index (Phi) is 4.00. The van der Waals surface area contributed by atoms with Gasteiger partial charge in [-0.2, -0.15) is 0 Å². The summed E-state index contributed by atoms with van der Waals surface area (Å²) in [5.41, 5.74) is 2.93. The summed E-state index contributed by atoms with van der Waals surface area (Å²) in [6.45, 7) is 5.76. The minimum atomic E-state index is 0.583. The first-order valence-corrected chi connectivity index (χ1v) is 6.62. The fourth-order valence-corrected chi connectivity index (χ4v) is 2.57. The highest BCUT2D eigenvalue weighted by molar-refractivity contribution is 5.25. The van der Waals surface area contributed by atoms with Gasteiger partial charge in [-0.3, -0.25) is 0 Å². The first-order valence-electron chi connectivity index (χ1n) is 6.62. The topological polar surface area (TPSA) is 12.0 Å². The summed E-state index contributed by atoms with van der Waals surface area (Å²) in [6.07, 6.45) is 5.05. The van der Waals surface area contributed by atoms with E-state index < -0.39 is 0 Å². The van der Waals surface area contributed by atoms with Gasteiger partial charge in [0.1, 0.15) is 0 Å². The monoisotopic (exact) mass is 217 g/mol. The summed E-state index contributed by atoms with van der Waals surface area (Å²) in [5, 5.41) is 3.62. The van der Waals surface area contributed by atoms with E-state index in [0.29, 0.717) is 6.04 Å². The van der Waals surface area contributed by atoms with Crippen LogP contribution in [-0.2, 0) is 6.42 Å². The lowest BCUT2D eigenvalue weighted by atomic mass is 9.90. The van der Waals surface area contributed by atoms with Gasteiger partial charge in [0.15, 0.2) is 0 Å². The molecule has 0 saturated carbocycles. The number of hydrogen-bond donors (Lipinski definition) is 1. The summed E-state index contributed by atoms with van der Waals surface area (Å²) in [7, 11) is 0. The van der Waals surface area contributed by atoms with Crippen molar-refractivity contribution in [2.24, 2.45) is 5.92 Å². The molecular weight excluding hydrogens is 194 g/mol. The van der Waals surface area contributed by atoms with Gasteiger partial charge in [-0.25, -0.2) is 0 Å². The minimum Gasteiger partial charge on any atom is -0.310 e. The normalized spacial score (nSPS) is 25.6. The second-order valence-electron chi connectivity index (χ2n) is 5.13. The second kappa shape index (κ2) is 5.49. The van der Waals surface area contributed by atoms with Crippen molar-refractivity contribution in [1.29, 1.82) is 0 Å². The Labute approximate surface area is 99.3 Å². The molecule has 0 aromatic heterocycles. The van der Waals surface area contributed by atoms with Gasteiger partial charge in [-0.1, -0.05) is 44.5 Å². The van der Waals surface area contributed by atoms with Crippen LogP contribution in [0.2, 0.25) is 0 Å². The standard InChI is InChI=1S/C15H23N/c1-3-4-13-5-7-14(8-6-13)15-11-12(2)9-10-16-15/h5-8,12,15-16H,3-4,9-11H2,1-2H3. The highest BCUT2D eigenvalue weighted by atomic mass is 14.9. The quantitative estimate of drug-likeness (QED) is 0.814. The van der Waals surface area contributed by atoms with Crippen LogP contribution in [0.25, 0.3) is 0 Å². The van der Waals surface area contributed by atoms with E-state index in [9.17, 15) is 0 Å². The molecule has 1 fully saturated rings. The Morgan fingerprint density at radius 2 is 2.00 bits per heavy atom. The molecule has 1 saturated heterocycles. The Balaban J connectivity index is 2.03. The van der Waals surface area contributed by atoms with Crippen LogP contribution in [0.4, 0.5) is 0 Å². The largest absolute Gasteiger partial charge is 0.310 e. The van der Waals surface area contributed by atoms with Crippen LogP contribution in [0, 0.1) is 5.92 Å². The van der Waals surface area contributed by atoms with Gasteiger partial charge >= 0.3 is 0 Å². The maximum absolute atomic E-state index is 3.62. The van der Waals surface area contributed by atoms with Gasteiger partial charge < -0.3 is 5.32 Å². The Bertz CT molecular complexity index is 315. The molecule has 2 unspecified atom stereocenters. The molecule has 1 aromatic carbocycles. The third kappa shape index (κ3) is 2.85. The average Bonchev–Trinajstić information content (AvgIpc) is 2.30. The number of nitrogens with one attached hydrogen (secondary N) is 1. The lowest BCUT2D eigenvalue weighted by molar-refractivity contribution is 0.325. The maximum Gasteiger partial charge on any atom is 0.0322 e. The number of piperidine rings is 1. The highest BCUT2D eigenvalue weighted by Gasteiger charge is 2.19. The van der Waals surface area contributed by atoms with Crippen molar-refractivity contribution in [2.75, 3.05) is 6.54 Å². The van der Waals surface area contributed by atoms with Gasteiger partial charge in [-0.05, 0) is 42.9 Å². The minimum absolute atomic E-state index is 0.583. The third-order valence-corrected chi connectivity index (χ3v) is 3.59. The van der Waals surface area contributed by atoms with E-state index in [1.807, 2.05) is 0 Å². The zero-order valence-electron chi connectivity index (χ0n) is 10.5. The van der Waals surface area contributed by atoms with Crippen molar-refractivity contribution >= 4 is 0 Å². The molecule has 1 aromatic rings. The van der Waals surface area contributed by atoms with Crippen LogP contribution in [0.15, 0.2) is 24.3 Å². The van der Waals surface area contributed by atoms with Crippen molar-refractivity contribution in [3.05, 3.63) is 35.4 Å². The zero-order chi connectivity index (χ0) is 11.4. The maximum atomic E-state index is 3.62. The van der Waals surface area contributed by atoms with Gasteiger partial charge in [-0.15, -0.1) is 0 Å². The van der Waals surface area contributed by atoms with Crippen LogP contribution in [0.3, 0.4) is 0 Å². The molecule has 1 aliphatic heterocycles. The van der Waals surface area contributed by atoms with E-state index in [4.69, 9.17) is 0 Å². The third-order valence-electron chi connectivity index (χ3n) is 3.59. The van der Waals surface area contributed by atoms with Crippen LogP contribution < -0.4 is 5.32 Å². The molecule has 2 rings (SSSR count). The predicted octanol–water partition coefficient (Wildman–Crippen LogP) is 3.70. The smallest absolute Gasteiger partial charge is 0.0322 e. The molecule has 1 N–H and O–H groups in total. The second-order valence-corrected chi connectivity index (χ2v) is 5.13. The van der Waals surface area contributed by atoms with E-state index in [-0.39, 0.29) is 0 Å². The first kappa shape index (κ1) is 11.7. The molecule has 0 amide bonds. The van der Waals surface area contributed by atoms with Crippen molar-refractivity contribution in [2.45, 2.75) is 45.6 Å². The van der Waals surface area contributed by atoms with Gasteiger partial charge in [0, 0.05) is 6.04 Å². The summed E-state index contributed by atoms with van der Waals surface area (Å²) >= 11 is 0. The van der Waals surface area contributed by atoms with Crippen molar-refractivity contribution in [1.82, 2.24) is 5.32 Å². The van der Waals surface area contributed by atoms with Crippen molar-refractivity contribution in [3.63, 3.8) is 0 Å². The molecule has 0 spiro atoms. The lowest BCUT2D eigenvalue weighted by Crippen LogP contribution is -2.30. The number of benzene rings is 1. The van der Waals surface area contributed by atoms with Gasteiger partial charge in [0.05, 0.1) is 0 Å². The molecule has 1 aliphatic rings. The van der Waals surface area contributed by atoms with E-state index in [1.54, 1.807) is 0 Å². The fraction of sp³-hybridized carbons (Fsp3) is 0.600. The summed E-state index contributed by atoms with van der Waals surface area (Å²) < 4.78 is 0. The molecule has 0 bridgehead atoms. The van der Waals surface area contributed by atoms with Crippen LogP contribution in [-0.4, -0.2) is 6.54 Å². The molecule has 16 heavy (non-hydrogen) atoms. The Hall–Kier alpha value is -0.820. The van der Waals surface area contributed by atoms with E-state index in [2.05, 4.69) is 43.4 Å². The molecule has 0 radical (unpaired) electrons. The molecule has 1 heteroatoms. The zero-order valence-corrected chi connectivity index (χ0v) is 10.5. The lowest BCUT2D eigenvalue weighted by Gasteiger charge is -2.28. The number of rotatable bonds is 3. The highest BCUT2D eigenvalue weighted by Crippen LogP contribution is 2.26. The molecule has 2 atom stereocenters. The molecule has 0 aliphatic carbocycles.